The van der Waals surface area contributed by atoms with Crippen molar-refractivity contribution in [3.63, 3.8) is 0 Å². The van der Waals surface area contributed by atoms with E-state index in [2.05, 4.69) is 0 Å². The van der Waals surface area contributed by atoms with Crippen LogP contribution in [0, 0.1) is 11.6 Å². The Kier molecular flexibility index (Phi) is 3.48. The first-order chi connectivity index (χ1) is 8.61. The van der Waals surface area contributed by atoms with Gasteiger partial charge in [0.05, 0.1) is 5.56 Å². The maximum absolute atomic E-state index is 13.4. The first-order valence-electron chi connectivity index (χ1n) is 5.32. The van der Waals surface area contributed by atoms with Crippen LogP contribution < -0.4 is 0 Å². The molecule has 0 fully saturated rings. The summed E-state index contributed by atoms with van der Waals surface area (Å²) in [6.45, 7) is 0. The van der Waals surface area contributed by atoms with Gasteiger partial charge in [0.2, 0.25) is 0 Å². The van der Waals surface area contributed by atoms with Gasteiger partial charge in [0, 0.05) is 5.56 Å². The van der Waals surface area contributed by atoms with Gasteiger partial charge in [-0.1, -0.05) is 36.4 Å². The second kappa shape index (κ2) is 5.06. The summed E-state index contributed by atoms with van der Waals surface area (Å²) in [5.74, 6) is -2.61. The molecule has 2 aromatic carbocycles. The molecule has 0 amide bonds. The number of carbonyl (C=O) groups is 1. The van der Waals surface area contributed by atoms with Crippen LogP contribution in [0.2, 0.25) is 0 Å². The largest absolute Gasteiger partial charge is 0.380 e. The molecule has 18 heavy (non-hydrogen) atoms. The van der Waals surface area contributed by atoms with Crippen LogP contribution in [0.15, 0.2) is 48.5 Å². The lowest BCUT2D eigenvalue weighted by molar-refractivity contribution is 0.0732. The normalized spacial score (nSPS) is 12.2. The van der Waals surface area contributed by atoms with Gasteiger partial charge in [-0.2, -0.15) is 0 Å². The fourth-order valence-electron chi connectivity index (χ4n) is 1.66. The smallest absolute Gasteiger partial charge is 0.196 e. The Morgan fingerprint density at radius 3 is 2.06 bits per heavy atom. The lowest BCUT2D eigenvalue weighted by atomic mass is 9.99. The van der Waals surface area contributed by atoms with E-state index in [-0.39, 0.29) is 5.56 Å². The van der Waals surface area contributed by atoms with Gasteiger partial charge >= 0.3 is 0 Å². The Bertz CT molecular complexity index is 547. The molecule has 2 aromatic rings. The summed E-state index contributed by atoms with van der Waals surface area (Å²) in [5, 5.41) is 9.77. The molecule has 0 bridgehead atoms. The van der Waals surface area contributed by atoms with Gasteiger partial charge in [-0.3, -0.25) is 4.79 Å². The van der Waals surface area contributed by atoms with Crippen LogP contribution in [0.25, 0.3) is 0 Å². The molecule has 0 saturated heterocycles. The van der Waals surface area contributed by atoms with Crippen molar-refractivity contribution < 1.29 is 18.7 Å². The summed E-state index contributed by atoms with van der Waals surface area (Å²) in [6, 6.07) is 11.0. The minimum atomic E-state index is -1.84. The van der Waals surface area contributed by atoms with E-state index in [1.807, 2.05) is 0 Å². The third-order valence-electron chi connectivity index (χ3n) is 2.58. The monoisotopic (exact) mass is 248 g/mol. The Balaban J connectivity index is 2.38. The SMILES string of the molecule is O=C(c1ccccc1)[C@H](O)c1c(F)cccc1F. The summed E-state index contributed by atoms with van der Waals surface area (Å²) in [7, 11) is 0. The summed E-state index contributed by atoms with van der Waals surface area (Å²) >= 11 is 0. The number of ketones is 1. The average Bonchev–Trinajstić information content (AvgIpc) is 2.38. The molecular formula is C14H10F2O2. The van der Waals surface area contributed by atoms with Crippen molar-refractivity contribution in [1.29, 1.82) is 0 Å². The maximum Gasteiger partial charge on any atom is 0.196 e. The van der Waals surface area contributed by atoms with E-state index in [4.69, 9.17) is 0 Å². The molecule has 0 saturated carbocycles. The lowest BCUT2D eigenvalue weighted by Gasteiger charge is -2.11. The van der Waals surface area contributed by atoms with E-state index in [9.17, 15) is 18.7 Å². The number of rotatable bonds is 3. The van der Waals surface area contributed by atoms with Gasteiger partial charge in [0.1, 0.15) is 17.7 Å². The molecule has 1 atom stereocenters. The fraction of sp³-hybridized carbons (Fsp3) is 0.0714. The molecule has 0 unspecified atom stereocenters. The Labute approximate surface area is 103 Å². The summed E-state index contributed by atoms with van der Waals surface area (Å²) < 4.78 is 26.8. The average molecular weight is 248 g/mol. The number of carbonyl (C=O) groups excluding carboxylic acids is 1. The number of Topliss-reactive ketones (excluding diaryl/α,β-unsaturated/α-hetero) is 1. The molecule has 1 N–H and O–H groups in total. The Hall–Kier alpha value is -2.07. The van der Waals surface area contributed by atoms with Crippen LogP contribution in [-0.2, 0) is 0 Å². The van der Waals surface area contributed by atoms with Crippen LogP contribution in [0.1, 0.15) is 22.0 Å². The lowest BCUT2D eigenvalue weighted by Crippen LogP contribution is -2.15. The molecule has 0 aliphatic rings. The van der Waals surface area contributed by atoms with Crippen LogP contribution >= 0.6 is 0 Å². The molecule has 0 aliphatic carbocycles. The number of benzene rings is 2. The molecule has 0 heterocycles. The topological polar surface area (TPSA) is 37.3 Å². The molecule has 2 nitrogen and oxygen atoms in total. The zero-order valence-corrected chi connectivity index (χ0v) is 9.31. The summed E-state index contributed by atoms with van der Waals surface area (Å²) in [6.07, 6.45) is -1.84. The van der Waals surface area contributed by atoms with Gasteiger partial charge in [-0.15, -0.1) is 0 Å². The molecule has 0 aliphatic heterocycles. The van der Waals surface area contributed by atoms with E-state index in [0.717, 1.165) is 12.1 Å². The number of halogens is 2. The third-order valence-corrected chi connectivity index (χ3v) is 2.58. The van der Waals surface area contributed by atoms with E-state index in [1.54, 1.807) is 18.2 Å². The van der Waals surface area contributed by atoms with Gasteiger partial charge in [-0.25, -0.2) is 8.78 Å². The Morgan fingerprint density at radius 2 is 1.50 bits per heavy atom. The van der Waals surface area contributed by atoms with Crippen molar-refractivity contribution >= 4 is 5.78 Å². The third kappa shape index (κ3) is 2.28. The fourth-order valence-corrected chi connectivity index (χ4v) is 1.66. The van der Waals surface area contributed by atoms with E-state index < -0.39 is 29.1 Å². The van der Waals surface area contributed by atoms with Gasteiger partial charge in [-0.05, 0) is 12.1 Å². The molecule has 4 heteroatoms. The van der Waals surface area contributed by atoms with Crippen LogP contribution in [-0.4, -0.2) is 10.9 Å². The highest BCUT2D eigenvalue weighted by atomic mass is 19.1. The molecule has 0 spiro atoms. The van der Waals surface area contributed by atoms with Gasteiger partial charge < -0.3 is 5.11 Å². The molecule has 0 aromatic heterocycles. The van der Waals surface area contributed by atoms with E-state index in [0.29, 0.717) is 0 Å². The number of aliphatic hydroxyl groups excluding tert-OH is 1. The zero-order valence-electron chi connectivity index (χ0n) is 9.31. The van der Waals surface area contributed by atoms with Crippen LogP contribution in [0.4, 0.5) is 8.78 Å². The van der Waals surface area contributed by atoms with Crippen molar-refractivity contribution in [2.45, 2.75) is 6.10 Å². The van der Waals surface area contributed by atoms with Gasteiger partial charge in [0.15, 0.2) is 5.78 Å². The molecular weight excluding hydrogens is 238 g/mol. The van der Waals surface area contributed by atoms with Crippen molar-refractivity contribution in [3.05, 3.63) is 71.3 Å². The number of hydrogen-bond acceptors (Lipinski definition) is 2. The highest BCUT2D eigenvalue weighted by Gasteiger charge is 2.25. The van der Waals surface area contributed by atoms with Crippen LogP contribution in [0.3, 0.4) is 0 Å². The summed E-state index contributed by atoms with van der Waals surface area (Å²) in [4.78, 5) is 11.9. The standard InChI is InChI=1S/C14H10F2O2/c15-10-7-4-8-11(16)12(10)14(18)13(17)9-5-2-1-3-6-9/h1-8,14,18H/t14-/m1/s1. The maximum atomic E-state index is 13.4. The highest BCUT2D eigenvalue weighted by Crippen LogP contribution is 2.23. The van der Waals surface area contributed by atoms with Crippen molar-refractivity contribution in [3.8, 4) is 0 Å². The van der Waals surface area contributed by atoms with Crippen molar-refractivity contribution in [1.82, 2.24) is 0 Å². The Morgan fingerprint density at radius 1 is 0.944 bits per heavy atom. The van der Waals surface area contributed by atoms with E-state index >= 15 is 0 Å². The van der Waals surface area contributed by atoms with Crippen molar-refractivity contribution in [2.24, 2.45) is 0 Å². The summed E-state index contributed by atoms with van der Waals surface area (Å²) in [5.41, 5.74) is -0.418. The molecule has 2 rings (SSSR count). The molecule has 0 radical (unpaired) electrons. The minimum Gasteiger partial charge on any atom is -0.380 e. The molecule has 92 valence electrons. The predicted octanol–water partition coefficient (Wildman–Crippen LogP) is 2.88. The first-order valence-corrected chi connectivity index (χ1v) is 5.32. The number of hydrogen-bond donors (Lipinski definition) is 1. The predicted molar refractivity (Wildman–Crippen MR) is 62.1 cm³/mol. The number of aliphatic hydroxyl groups is 1. The highest BCUT2D eigenvalue weighted by molar-refractivity contribution is 5.99. The second-order valence-corrected chi connectivity index (χ2v) is 3.77. The van der Waals surface area contributed by atoms with Crippen LogP contribution in [0.5, 0.6) is 0 Å². The minimum absolute atomic E-state index is 0.202. The van der Waals surface area contributed by atoms with Crippen molar-refractivity contribution in [2.75, 3.05) is 0 Å². The zero-order chi connectivity index (χ0) is 13.1. The van der Waals surface area contributed by atoms with Gasteiger partial charge in [0.25, 0.3) is 0 Å². The second-order valence-electron chi connectivity index (χ2n) is 3.77. The van der Waals surface area contributed by atoms with E-state index in [1.165, 1.54) is 18.2 Å². The quantitative estimate of drug-likeness (QED) is 0.848. The first kappa shape index (κ1) is 12.4.